The first-order valence-corrected chi connectivity index (χ1v) is 16.2. The largest absolute Gasteiger partial charge is 0.456 e. The molecule has 226 valence electrons. The minimum Gasteiger partial charge on any atom is -0.456 e. The number of hydrogen-bond acceptors (Lipinski definition) is 2. The molecule has 0 aliphatic heterocycles. The summed E-state index contributed by atoms with van der Waals surface area (Å²) in [6.45, 7) is 2.13. The first-order valence-electron chi connectivity index (χ1n) is 16.2. The van der Waals surface area contributed by atoms with Gasteiger partial charge < -0.3 is 9.73 Å². The molecule has 8 rings (SSSR count). The second-order valence-corrected chi connectivity index (χ2v) is 12.2. The number of benzene rings is 7. The van der Waals surface area contributed by atoms with Crippen molar-refractivity contribution in [3.05, 3.63) is 186 Å². The lowest BCUT2D eigenvalue weighted by Crippen LogP contribution is -2.14. The maximum atomic E-state index is 6.44. The molecule has 7 aromatic carbocycles. The molecular weight excluding hydrogens is 571 g/mol. The van der Waals surface area contributed by atoms with Gasteiger partial charge in [0.15, 0.2) is 0 Å². The third-order valence-corrected chi connectivity index (χ3v) is 9.25. The van der Waals surface area contributed by atoms with Crippen molar-refractivity contribution in [1.29, 1.82) is 0 Å². The Bertz CT molecular complexity index is 2370. The maximum Gasteiger partial charge on any atom is 0.136 e. The predicted octanol–water partition coefficient (Wildman–Crippen LogP) is 11.8. The van der Waals surface area contributed by atoms with E-state index in [0.717, 1.165) is 33.1 Å². The van der Waals surface area contributed by atoms with Crippen molar-refractivity contribution >= 4 is 38.3 Å². The first-order chi connectivity index (χ1) is 23.2. The Morgan fingerprint density at radius 3 is 2.06 bits per heavy atom. The maximum absolute atomic E-state index is 6.44. The van der Waals surface area contributed by atoms with Gasteiger partial charge in [-0.3, -0.25) is 0 Å². The molecule has 0 saturated heterocycles. The summed E-state index contributed by atoms with van der Waals surface area (Å²) in [7, 11) is 2.03. The number of nitrogens with one attached hydrogen (secondary N) is 1. The number of fused-ring (bicyclic) bond motifs is 4. The van der Waals surface area contributed by atoms with Crippen LogP contribution in [0.2, 0.25) is 0 Å². The van der Waals surface area contributed by atoms with Gasteiger partial charge in [-0.05, 0) is 87.5 Å². The summed E-state index contributed by atoms with van der Waals surface area (Å²) in [6.07, 6.45) is 2.36. The van der Waals surface area contributed by atoms with E-state index in [0.29, 0.717) is 0 Å². The van der Waals surface area contributed by atoms with Crippen LogP contribution in [0.1, 0.15) is 28.3 Å². The molecule has 0 fully saturated rings. The molecule has 47 heavy (non-hydrogen) atoms. The van der Waals surface area contributed by atoms with Crippen molar-refractivity contribution in [3.8, 4) is 22.3 Å². The molecule has 2 nitrogen and oxygen atoms in total. The zero-order valence-corrected chi connectivity index (χ0v) is 26.6. The molecule has 0 amide bonds. The van der Waals surface area contributed by atoms with Crippen LogP contribution in [0.15, 0.2) is 168 Å². The Labute approximate surface area is 275 Å². The second kappa shape index (κ2) is 12.2. The average molecular weight is 606 g/mol. The van der Waals surface area contributed by atoms with Gasteiger partial charge in [0.25, 0.3) is 0 Å². The smallest absolute Gasteiger partial charge is 0.136 e. The summed E-state index contributed by atoms with van der Waals surface area (Å²) < 4.78 is 6.44. The van der Waals surface area contributed by atoms with Crippen LogP contribution < -0.4 is 5.32 Å². The molecule has 1 heterocycles. The van der Waals surface area contributed by atoms with Crippen LogP contribution in [-0.4, -0.2) is 7.05 Å². The summed E-state index contributed by atoms with van der Waals surface area (Å²) in [5.74, 6) is 0. The Balaban J connectivity index is 1.27. The van der Waals surface area contributed by atoms with Crippen molar-refractivity contribution in [3.63, 3.8) is 0 Å². The highest BCUT2D eigenvalue weighted by atomic mass is 16.3. The Hall–Kier alpha value is -5.70. The van der Waals surface area contributed by atoms with Crippen molar-refractivity contribution in [1.82, 2.24) is 5.32 Å². The van der Waals surface area contributed by atoms with Gasteiger partial charge in [-0.25, -0.2) is 0 Å². The quantitative estimate of drug-likeness (QED) is 0.195. The highest BCUT2D eigenvalue weighted by Gasteiger charge is 2.17. The number of hydrogen-bond donors (Lipinski definition) is 1. The number of aryl methyl sites for hydroxylation is 1. The Morgan fingerprint density at radius 1 is 0.596 bits per heavy atom. The average Bonchev–Trinajstić information content (AvgIpc) is 3.51. The van der Waals surface area contributed by atoms with Gasteiger partial charge in [-0.15, -0.1) is 0 Å². The molecule has 8 aromatic rings. The minimum absolute atomic E-state index is 0.0532. The molecular formula is C45H35NO. The normalized spacial score (nSPS) is 12.6. The van der Waals surface area contributed by atoms with Crippen LogP contribution in [0.25, 0.3) is 60.5 Å². The van der Waals surface area contributed by atoms with E-state index < -0.39 is 0 Å². The van der Waals surface area contributed by atoms with Crippen LogP contribution in [0.3, 0.4) is 0 Å². The van der Waals surface area contributed by atoms with Gasteiger partial charge in [0.2, 0.25) is 0 Å². The molecule has 1 unspecified atom stereocenters. The Kier molecular flexibility index (Phi) is 7.49. The fourth-order valence-corrected chi connectivity index (χ4v) is 6.80. The first kappa shape index (κ1) is 28.8. The fourth-order valence-electron chi connectivity index (χ4n) is 6.80. The number of furan rings is 1. The lowest BCUT2D eigenvalue weighted by atomic mass is 9.89. The highest BCUT2D eigenvalue weighted by molar-refractivity contribution is 6.13. The van der Waals surface area contributed by atoms with Crippen LogP contribution in [0.4, 0.5) is 0 Å². The zero-order valence-electron chi connectivity index (χ0n) is 26.6. The van der Waals surface area contributed by atoms with Crippen molar-refractivity contribution < 1.29 is 4.42 Å². The van der Waals surface area contributed by atoms with Crippen molar-refractivity contribution in [2.75, 3.05) is 7.05 Å². The van der Waals surface area contributed by atoms with E-state index >= 15 is 0 Å². The summed E-state index contributed by atoms with van der Waals surface area (Å²) in [6, 6.07) is 56.5. The van der Waals surface area contributed by atoms with E-state index in [4.69, 9.17) is 4.42 Å². The molecule has 0 bridgehead atoms. The summed E-state index contributed by atoms with van der Waals surface area (Å²) >= 11 is 0. The third-order valence-electron chi connectivity index (χ3n) is 9.25. The molecule has 2 heteroatoms. The summed E-state index contributed by atoms with van der Waals surface area (Å²) in [5, 5.41) is 8.31. The van der Waals surface area contributed by atoms with Crippen molar-refractivity contribution in [2.45, 2.75) is 13.0 Å². The van der Waals surface area contributed by atoms with Gasteiger partial charge in [0.05, 0.1) is 6.04 Å². The van der Waals surface area contributed by atoms with Gasteiger partial charge in [0.1, 0.15) is 11.2 Å². The minimum atomic E-state index is 0.0532. The van der Waals surface area contributed by atoms with E-state index in [1.165, 1.54) is 49.7 Å². The second-order valence-electron chi connectivity index (χ2n) is 12.2. The molecule has 0 saturated carbocycles. The van der Waals surface area contributed by atoms with Crippen molar-refractivity contribution in [2.24, 2.45) is 0 Å². The van der Waals surface area contributed by atoms with Gasteiger partial charge in [-0.1, -0.05) is 151 Å². The summed E-state index contributed by atoms with van der Waals surface area (Å²) in [4.78, 5) is 0. The third kappa shape index (κ3) is 5.43. The zero-order chi connectivity index (χ0) is 31.7. The predicted molar refractivity (Wildman–Crippen MR) is 199 cm³/mol. The van der Waals surface area contributed by atoms with E-state index in [1.54, 1.807) is 0 Å². The molecule has 1 atom stereocenters. The number of rotatable bonds is 7. The number of likely N-dealkylation sites (N-methyl/N-ethyl adjacent to an activating group) is 1. The lowest BCUT2D eigenvalue weighted by molar-refractivity contribution is 0.669. The van der Waals surface area contributed by atoms with Crippen LogP contribution >= 0.6 is 0 Å². The van der Waals surface area contributed by atoms with Crippen LogP contribution in [0.5, 0.6) is 0 Å². The Morgan fingerprint density at radius 2 is 1.28 bits per heavy atom. The molecule has 1 N–H and O–H groups in total. The van der Waals surface area contributed by atoms with E-state index in [1.807, 2.05) is 13.1 Å². The number of para-hydroxylation sites is 1. The van der Waals surface area contributed by atoms with Crippen LogP contribution in [-0.2, 0) is 0 Å². The van der Waals surface area contributed by atoms with Gasteiger partial charge >= 0.3 is 0 Å². The molecule has 0 spiro atoms. The molecule has 0 radical (unpaired) electrons. The van der Waals surface area contributed by atoms with Gasteiger partial charge in [-0.2, -0.15) is 0 Å². The van der Waals surface area contributed by atoms with E-state index in [-0.39, 0.29) is 6.04 Å². The topological polar surface area (TPSA) is 25.2 Å². The highest BCUT2D eigenvalue weighted by Crippen LogP contribution is 2.41. The SMILES string of the molecule is CNC(/C=C(\c1ccc(-c2cc(-c3ccc(C)cc3)c3c(c2)oc2ccccc23)cc1)c1cccc2ccccc12)c1ccccc1. The monoisotopic (exact) mass is 605 g/mol. The summed E-state index contributed by atoms with van der Waals surface area (Å²) in [5.41, 5.74) is 12.5. The van der Waals surface area contributed by atoms with Gasteiger partial charge in [0, 0.05) is 10.8 Å². The molecule has 0 aliphatic carbocycles. The lowest BCUT2D eigenvalue weighted by Gasteiger charge is -2.18. The standard InChI is InChI=1S/C45H35NO/c1-30-19-21-34(22-20-30)41-27-36(28-44-45(41)39-16-8-9-18-43(39)47-44)31-23-25-33(26-24-31)40(29-42(46-2)35-12-4-3-5-13-35)38-17-10-14-32-11-6-7-15-37(32)38/h3-29,42,46H,1-2H3/b40-29+. The van der Waals surface area contributed by atoms with E-state index in [2.05, 4.69) is 170 Å². The van der Waals surface area contributed by atoms with Crippen LogP contribution in [0, 0.1) is 6.92 Å². The fraction of sp³-hybridized carbons (Fsp3) is 0.0667. The molecule has 1 aromatic heterocycles. The van der Waals surface area contributed by atoms with E-state index in [9.17, 15) is 0 Å². The molecule has 0 aliphatic rings.